The third kappa shape index (κ3) is 3.09. The summed E-state index contributed by atoms with van der Waals surface area (Å²) in [5.41, 5.74) is 2.77. The minimum atomic E-state index is -0.0457. The monoisotopic (exact) mass is 307 g/mol. The molecule has 94 valence electrons. The Labute approximate surface area is 115 Å². The van der Waals surface area contributed by atoms with Gasteiger partial charge < -0.3 is 9.84 Å². The van der Waals surface area contributed by atoms with Crippen molar-refractivity contribution < 1.29 is 9.84 Å². The number of nitrogens with zero attached hydrogens (tertiary/aromatic N) is 1. The van der Waals surface area contributed by atoms with Crippen LogP contribution in [-0.2, 0) is 13.2 Å². The lowest BCUT2D eigenvalue weighted by atomic mass is 10.2. The smallest absolute Gasteiger partial charge is 0.130 e. The van der Waals surface area contributed by atoms with Crippen molar-refractivity contribution in [3.05, 3.63) is 57.8 Å². The highest BCUT2D eigenvalue weighted by atomic mass is 79.9. The van der Waals surface area contributed by atoms with Gasteiger partial charge in [0.2, 0.25) is 0 Å². The quantitative estimate of drug-likeness (QED) is 0.943. The van der Waals surface area contributed by atoms with Gasteiger partial charge in [0.15, 0.2) is 0 Å². The highest BCUT2D eigenvalue weighted by molar-refractivity contribution is 9.10. The molecule has 1 aromatic heterocycles. The van der Waals surface area contributed by atoms with E-state index in [0.717, 1.165) is 21.3 Å². The van der Waals surface area contributed by atoms with Gasteiger partial charge in [-0.1, -0.05) is 22.0 Å². The predicted octanol–water partition coefficient (Wildman–Crippen LogP) is 3.22. The molecule has 0 saturated carbocycles. The number of rotatable bonds is 4. The minimum Gasteiger partial charge on any atom is -0.487 e. The number of aliphatic hydroxyl groups is 1. The van der Waals surface area contributed by atoms with Gasteiger partial charge in [0.25, 0.3) is 0 Å². The summed E-state index contributed by atoms with van der Waals surface area (Å²) in [5.74, 6) is 0.686. The lowest BCUT2D eigenvalue weighted by molar-refractivity contribution is 0.257. The van der Waals surface area contributed by atoms with E-state index in [9.17, 15) is 5.11 Å². The Hall–Kier alpha value is -1.39. The van der Waals surface area contributed by atoms with Crippen LogP contribution in [0.3, 0.4) is 0 Å². The second-order valence-electron chi connectivity index (χ2n) is 3.97. The lowest BCUT2D eigenvalue weighted by Gasteiger charge is -2.11. The second kappa shape index (κ2) is 5.98. The van der Waals surface area contributed by atoms with Gasteiger partial charge in [0.05, 0.1) is 12.3 Å². The molecule has 0 aliphatic carbocycles. The van der Waals surface area contributed by atoms with Crippen molar-refractivity contribution in [3.8, 4) is 5.75 Å². The number of hydrogen-bond donors (Lipinski definition) is 1. The summed E-state index contributed by atoms with van der Waals surface area (Å²) < 4.78 is 6.63. The van der Waals surface area contributed by atoms with Crippen LogP contribution in [-0.4, -0.2) is 10.1 Å². The van der Waals surface area contributed by atoms with Crippen LogP contribution in [0.5, 0.6) is 5.75 Å². The number of aliphatic hydroxyl groups excluding tert-OH is 1. The fourth-order valence-corrected chi connectivity index (χ4v) is 2.04. The minimum absolute atomic E-state index is 0.0457. The average Bonchev–Trinajstić information content (AvgIpc) is 2.39. The van der Waals surface area contributed by atoms with Crippen LogP contribution in [0.2, 0.25) is 0 Å². The van der Waals surface area contributed by atoms with Crippen molar-refractivity contribution in [2.24, 2.45) is 0 Å². The Morgan fingerprint density at radius 2 is 2.17 bits per heavy atom. The van der Waals surface area contributed by atoms with Crippen LogP contribution in [0.15, 0.2) is 41.0 Å². The van der Waals surface area contributed by atoms with Crippen molar-refractivity contribution in [2.45, 2.75) is 20.1 Å². The van der Waals surface area contributed by atoms with Crippen LogP contribution < -0.4 is 4.74 Å². The molecule has 1 aromatic carbocycles. The third-order valence-corrected chi connectivity index (χ3v) is 3.17. The Morgan fingerprint density at radius 3 is 2.89 bits per heavy atom. The maximum Gasteiger partial charge on any atom is 0.130 e. The molecule has 0 aliphatic rings. The van der Waals surface area contributed by atoms with Crippen LogP contribution in [0, 0.1) is 6.92 Å². The van der Waals surface area contributed by atoms with E-state index in [1.54, 1.807) is 6.20 Å². The molecule has 4 heteroatoms. The van der Waals surface area contributed by atoms with E-state index < -0.39 is 0 Å². The molecule has 1 N–H and O–H groups in total. The fraction of sp³-hybridized carbons (Fsp3) is 0.214. The van der Waals surface area contributed by atoms with Gasteiger partial charge in [-0.05, 0) is 36.8 Å². The number of benzene rings is 1. The number of pyridine rings is 1. The topological polar surface area (TPSA) is 42.4 Å². The van der Waals surface area contributed by atoms with Gasteiger partial charge >= 0.3 is 0 Å². The number of aromatic nitrogens is 1. The van der Waals surface area contributed by atoms with Crippen molar-refractivity contribution in [1.82, 2.24) is 4.98 Å². The number of aryl methyl sites for hydroxylation is 1. The van der Waals surface area contributed by atoms with Gasteiger partial charge in [0.1, 0.15) is 12.4 Å². The first-order valence-corrected chi connectivity index (χ1v) is 6.42. The summed E-state index contributed by atoms with van der Waals surface area (Å²) in [6.07, 6.45) is 1.75. The number of ether oxygens (including phenoxy) is 1. The molecule has 0 spiro atoms. The molecular formula is C14H14BrNO2. The molecular weight excluding hydrogens is 294 g/mol. The zero-order valence-electron chi connectivity index (χ0n) is 10.1. The van der Waals surface area contributed by atoms with E-state index in [2.05, 4.69) is 20.9 Å². The van der Waals surface area contributed by atoms with E-state index >= 15 is 0 Å². The normalized spacial score (nSPS) is 10.4. The Bertz CT molecular complexity index is 543. The summed E-state index contributed by atoms with van der Waals surface area (Å²) in [4.78, 5) is 4.27. The summed E-state index contributed by atoms with van der Waals surface area (Å²) >= 11 is 3.37. The lowest BCUT2D eigenvalue weighted by Crippen LogP contribution is -2.02. The zero-order chi connectivity index (χ0) is 13.0. The Balaban J connectivity index is 2.13. The van der Waals surface area contributed by atoms with Crippen LogP contribution in [0.4, 0.5) is 0 Å². The summed E-state index contributed by atoms with van der Waals surface area (Å²) in [6, 6.07) is 9.48. The average molecular weight is 308 g/mol. The molecule has 18 heavy (non-hydrogen) atoms. The van der Waals surface area contributed by atoms with E-state index in [1.807, 2.05) is 37.3 Å². The zero-order valence-corrected chi connectivity index (χ0v) is 11.6. The van der Waals surface area contributed by atoms with Gasteiger partial charge in [-0.25, -0.2) is 0 Å². The van der Waals surface area contributed by atoms with Gasteiger partial charge in [-0.3, -0.25) is 4.98 Å². The molecule has 0 amide bonds. The Kier molecular flexibility index (Phi) is 4.33. The van der Waals surface area contributed by atoms with Gasteiger partial charge in [-0.15, -0.1) is 0 Å². The van der Waals surface area contributed by atoms with E-state index in [4.69, 9.17) is 4.74 Å². The predicted molar refractivity (Wildman–Crippen MR) is 73.4 cm³/mol. The summed E-state index contributed by atoms with van der Waals surface area (Å²) in [7, 11) is 0. The van der Waals surface area contributed by atoms with Crippen molar-refractivity contribution >= 4 is 15.9 Å². The molecule has 0 fully saturated rings. The van der Waals surface area contributed by atoms with E-state index in [1.165, 1.54) is 0 Å². The van der Waals surface area contributed by atoms with Crippen molar-refractivity contribution in [1.29, 1.82) is 0 Å². The largest absolute Gasteiger partial charge is 0.487 e. The molecule has 0 aliphatic heterocycles. The standard InChI is InChI=1S/C14H14BrNO2/c1-10-3-2-6-16-13(10)9-18-14-5-4-12(15)7-11(14)8-17/h2-7,17H,8-9H2,1H3. The fourth-order valence-electron chi connectivity index (χ4n) is 1.63. The SMILES string of the molecule is Cc1cccnc1COc1ccc(Br)cc1CO. The molecule has 2 rings (SSSR count). The van der Waals surface area contributed by atoms with Crippen LogP contribution in [0.25, 0.3) is 0 Å². The molecule has 0 unspecified atom stereocenters. The van der Waals surface area contributed by atoms with Gasteiger partial charge in [-0.2, -0.15) is 0 Å². The summed E-state index contributed by atoms with van der Waals surface area (Å²) in [6.45, 7) is 2.36. The first kappa shape index (κ1) is 13.1. The van der Waals surface area contributed by atoms with Crippen LogP contribution in [0.1, 0.15) is 16.8 Å². The van der Waals surface area contributed by atoms with E-state index in [-0.39, 0.29) is 6.61 Å². The van der Waals surface area contributed by atoms with Crippen molar-refractivity contribution in [3.63, 3.8) is 0 Å². The molecule has 0 radical (unpaired) electrons. The first-order valence-electron chi connectivity index (χ1n) is 5.63. The Morgan fingerprint density at radius 1 is 1.33 bits per heavy atom. The van der Waals surface area contributed by atoms with Crippen molar-refractivity contribution in [2.75, 3.05) is 0 Å². The molecule has 1 heterocycles. The second-order valence-corrected chi connectivity index (χ2v) is 4.88. The number of hydrogen-bond acceptors (Lipinski definition) is 3. The maximum absolute atomic E-state index is 9.28. The molecule has 2 aromatic rings. The molecule has 0 bridgehead atoms. The highest BCUT2D eigenvalue weighted by Crippen LogP contribution is 2.24. The number of halogens is 1. The van der Waals surface area contributed by atoms with E-state index in [0.29, 0.717) is 12.4 Å². The molecule has 0 saturated heterocycles. The molecule has 3 nitrogen and oxygen atoms in total. The first-order chi connectivity index (χ1) is 8.70. The third-order valence-electron chi connectivity index (χ3n) is 2.68. The maximum atomic E-state index is 9.28. The van der Waals surface area contributed by atoms with Crippen LogP contribution >= 0.6 is 15.9 Å². The highest BCUT2D eigenvalue weighted by Gasteiger charge is 2.05. The molecule has 0 atom stereocenters. The summed E-state index contributed by atoms with van der Waals surface area (Å²) in [5, 5.41) is 9.28. The van der Waals surface area contributed by atoms with Gasteiger partial charge in [0, 0.05) is 16.2 Å².